The predicted molar refractivity (Wildman–Crippen MR) is 149 cm³/mol. The number of rotatable bonds is 10. The third-order valence-corrected chi connectivity index (χ3v) is 6.38. The first-order valence-electron chi connectivity index (χ1n) is 11.0. The van der Waals surface area contributed by atoms with Crippen LogP contribution in [0.5, 0.6) is 5.75 Å². The number of hydrogen-bond acceptors (Lipinski definition) is 6. The summed E-state index contributed by atoms with van der Waals surface area (Å²) in [6.07, 6.45) is 9.31. The summed E-state index contributed by atoms with van der Waals surface area (Å²) >= 11 is 1.70. The van der Waals surface area contributed by atoms with Gasteiger partial charge in [-0.1, -0.05) is 6.07 Å². The Morgan fingerprint density at radius 1 is 0.971 bits per heavy atom. The van der Waals surface area contributed by atoms with Crippen molar-refractivity contribution in [2.75, 3.05) is 32.0 Å². The number of carbonyl (C=O) groups is 1. The highest BCUT2D eigenvalue weighted by atomic mass is 35.5. The molecule has 0 saturated heterocycles. The maximum Gasteiger partial charge on any atom is 0.252 e. The van der Waals surface area contributed by atoms with Crippen LogP contribution < -0.4 is 10.1 Å². The highest BCUT2D eigenvalue weighted by Crippen LogP contribution is 2.28. The van der Waals surface area contributed by atoms with Crippen LogP contribution in [0, 0.1) is 0 Å². The minimum atomic E-state index is -0.00285. The molecule has 2 aromatic heterocycles. The number of amides is 1. The minimum Gasteiger partial charge on any atom is -0.494 e. The molecule has 0 unspecified atom stereocenters. The quantitative estimate of drug-likeness (QED) is 0.350. The van der Waals surface area contributed by atoms with E-state index in [1.807, 2.05) is 49.1 Å². The van der Waals surface area contributed by atoms with E-state index in [-0.39, 0.29) is 43.1 Å². The Balaban J connectivity index is 0.00000204. The van der Waals surface area contributed by atoms with Gasteiger partial charge in [-0.15, -0.1) is 49.0 Å². The van der Waals surface area contributed by atoms with Crippen LogP contribution in [0.1, 0.15) is 27.9 Å². The molecule has 1 N–H and O–H groups in total. The fourth-order valence-corrected chi connectivity index (χ4v) is 4.59. The summed E-state index contributed by atoms with van der Waals surface area (Å²) in [4.78, 5) is 23.9. The van der Waals surface area contributed by atoms with E-state index in [1.165, 1.54) is 11.1 Å². The summed E-state index contributed by atoms with van der Waals surface area (Å²) in [5.74, 6) is 1.70. The Bertz CT molecular complexity index is 1020. The van der Waals surface area contributed by atoms with Gasteiger partial charge in [-0.2, -0.15) is 0 Å². The molecule has 1 aliphatic heterocycles. The second-order valence-corrected chi connectivity index (χ2v) is 8.84. The molecule has 0 fully saturated rings. The molecule has 3 aromatic rings. The molecule has 10 heteroatoms. The zero-order chi connectivity index (χ0) is 22.0. The number of nitrogens with zero attached hydrogens (tertiary/aromatic N) is 3. The summed E-state index contributed by atoms with van der Waals surface area (Å²) in [7, 11) is 0. The van der Waals surface area contributed by atoms with E-state index < -0.39 is 0 Å². The molecule has 35 heavy (non-hydrogen) atoms. The first-order valence-corrected chi connectivity index (χ1v) is 11.9. The number of aromatic nitrogens is 2. The van der Waals surface area contributed by atoms with Crippen LogP contribution >= 0.6 is 49.0 Å². The van der Waals surface area contributed by atoms with Crippen LogP contribution in [-0.4, -0.2) is 52.8 Å². The summed E-state index contributed by atoms with van der Waals surface area (Å²) in [6.45, 7) is 4.10. The molecule has 0 saturated carbocycles. The molecule has 0 spiro atoms. The van der Waals surface area contributed by atoms with Crippen LogP contribution in [0.25, 0.3) is 0 Å². The van der Waals surface area contributed by atoms with Gasteiger partial charge >= 0.3 is 0 Å². The maximum absolute atomic E-state index is 12.1. The van der Waals surface area contributed by atoms with Crippen LogP contribution in [0.2, 0.25) is 0 Å². The van der Waals surface area contributed by atoms with Crippen molar-refractivity contribution in [3.8, 4) is 5.75 Å². The zero-order valence-corrected chi connectivity index (χ0v) is 22.6. The third-order valence-electron chi connectivity index (χ3n) is 5.33. The van der Waals surface area contributed by atoms with Gasteiger partial charge in [0.15, 0.2) is 0 Å². The van der Waals surface area contributed by atoms with Crippen molar-refractivity contribution in [1.29, 1.82) is 0 Å². The smallest absolute Gasteiger partial charge is 0.252 e. The van der Waals surface area contributed by atoms with Crippen LogP contribution in [-0.2, 0) is 13.0 Å². The number of fused-ring (bicyclic) bond motifs is 1. The van der Waals surface area contributed by atoms with Crippen LogP contribution in [0.3, 0.4) is 0 Å². The lowest BCUT2D eigenvalue weighted by atomic mass is 10.2. The van der Waals surface area contributed by atoms with Crippen molar-refractivity contribution in [2.24, 2.45) is 0 Å². The average Bonchev–Trinajstić information content (AvgIpc) is 3.02. The van der Waals surface area contributed by atoms with E-state index in [4.69, 9.17) is 4.74 Å². The number of halogens is 3. The highest BCUT2D eigenvalue weighted by molar-refractivity contribution is 7.99. The Hall–Kier alpha value is -2.03. The predicted octanol–water partition coefficient (Wildman–Crippen LogP) is 5.09. The summed E-state index contributed by atoms with van der Waals surface area (Å²) < 4.78 is 6.02. The molecular weight excluding hydrogens is 527 g/mol. The topological polar surface area (TPSA) is 67.3 Å². The van der Waals surface area contributed by atoms with Gasteiger partial charge in [0.25, 0.3) is 5.91 Å². The van der Waals surface area contributed by atoms with Gasteiger partial charge in [0.2, 0.25) is 0 Å². The number of pyridine rings is 2. The summed E-state index contributed by atoms with van der Waals surface area (Å²) in [5, 5.41) is 2.91. The monoisotopic (exact) mass is 556 g/mol. The molecule has 1 aromatic carbocycles. The second-order valence-electron chi connectivity index (χ2n) is 7.71. The van der Waals surface area contributed by atoms with E-state index in [2.05, 4.69) is 38.4 Å². The summed E-state index contributed by atoms with van der Waals surface area (Å²) in [6, 6.07) is 14.0. The average molecular weight is 558 g/mol. The van der Waals surface area contributed by atoms with Gasteiger partial charge < -0.3 is 10.1 Å². The molecule has 1 aliphatic rings. The van der Waals surface area contributed by atoms with E-state index in [9.17, 15) is 4.79 Å². The van der Waals surface area contributed by atoms with Crippen molar-refractivity contribution in [1.82, 2.24) is 20.2 Å². The van der Waals surface area contributed by atoms with E-state index in [1.54, 1.807) is 11.8 Å². The van der Waals surface area contributed by atoms with Crippen molar-refractivity contribution in [2.45, 2.75) is 24.3 Å². The third kappa shape index (κ3) is 9.86. The molecule has 0 radical (unpaired) electrons. The van der Waals surface area contributed by atoms with Crippen molar-refractivity contribution in [3.63, 3.8) is 0 Å². The normalized spacial score (nSPS) is 12.2. The molecule has 0 bridgehead atoms. The fourth-order valence-electron chi connectivity index (χ4n) is 3.65. The lowest BCUT2D eigenvalue weighted by Gasteiger charge is -2.22. The number of ether oxygens (including phenoxy) is 1. The number of nitrogens with one attached hydrogen (secondary N) is 1. The number of hydrogen-bond donors (Lipinski definition) is 1. The molecule has 0 atom stereocenters. The second kappa shape index (κ2) is 16.6. The Morgan fingerprint density at radius 2 is 1.80 bits per heavy atom. The maximum atomic E-state index is 12.1. The van der Waals surface area contributed by atoms with Crippen molar-refractivity contribution in [3.05, 3.63) is 83.9 Å². The van der Waals surface area contributed by atoms with Gasteiger partial charge in [0, 0.05) is 61.6 Å². The van der Waals surface area contributed by atoms with Gasteiger partial charge in [0.1, 0.15) is 5.75 Å². The lowest BCUT2D eigenvalue weighted by Crippen LogP contribution is -2.28. The Morgan fingerprint density at radius 3 is 2.57 bits per heavy atom. The molecule has 4 rings (SSSR count). The van der Waals surface area contributed by atoms with Crippen LogP contribution in [0.4, 0.5) is 0 Å². The molecule has 3 heterocycles. The van der Waals surface area contributed by atoms with E-state index in [0.29, 0.717) is 13.2 Å². The van der Waals surface area contributed by atoms with Gasteiger partial charge in [-0.25, -0.2) is 0 Å². The van der Waals surface area contributed by atoms with Crippen LogP contribution in [0.15, 0.2) is 72.1 Å². The first kappa shape index (κ1) is 31.0. The Labute approximate surface area is 229 Å². The lowest BCUT2D eigenvalue weighted by molar-refractivity contribution is 0.0954. The zero-order valence-electron chi connectivity index (χ0n) is 19.3. The van der Waals surface area contributed by atoms with E-state index in [0.717, 1.165) is 54.4 Å². The standard InChI is InChI=1S/C25H28N4O2S.3ClH/c30-25-23-5-4-22(17-24(23)32-16-12-28-25)31-15-2-13-29(19-21-6-10-26-11-7-21)14-8-20-3-1-9-27-18-20;;;/h1,3-7,9-11,17-18H,2,8,12-16,19H2,(H,28,30);3*1H. The molecule has 190 valence electrons. The van der Waals surface area contributed by atoms with Crippen molar-refractivity contribution < 1.29 is 9.53 Å². The molecule has 6 nitrogen and oxygen atoms in total. The first-order chi connectivity index (χ1) is 15.8. The Kier molecular flexibility index (Phi) is 14.7. The van der Waals surface area contributed by atoms with Gasteiger partial charge in [0.05, 0.1) is 12.2 Å². The summed E-state index contributed by atoms with van der Waals surface area (Å²) in [5.41, 5.74) is 3.24. The van der Waals surface area contributed by atoms with Crippen molar-refractivity contribution >= 4 is 54.9 Å². The van der Waals surface area contributed by atoms with E-state index >= 15 is 0 Å². The van der Waals surface area contributed by atoms with Gasteiger partial charge in [-0.05, 0) is 60.4 Å². The number of thioether (sulfide) groups is 1. The highest BCUT2D eigenvalue weighted by Gasteiger charge is 2.16. The minimum absolute atomic E-state index is 0. The fraction of sp³-hybridized carbons (Fsp3) is 0.320. The van der Waals surface area contributed by atoms with Gasteiger partial charge in [-0.3, -0.25) is 19.7 Å². The molecular formula is C25H31Cl3N4O2S. The number of benzene rings is 1. The largest absolute Gasteiger partial charge is 0.494 e. The molecule has 0 aliphatic carbocycles. The number of carbonyl (C=O) groups excluding carboxylic acids is 1. The molecule has 1 amide bonds. The SMILES string of the molecule is Cl.Cl.Cl.O=C1NCCSc2cc(OCCCN(CCc3cccnc3)Cc3ccncc3)ccc21.